The highest BCUT2D eigenvalue weighted by molar-refractivity contribution is 6.04. The Hall–Kier alpha value is -3.22. The van der Waals surface area contributed by atoms with E-state index in [4.69, 9.17) is 0 Å². The molecular weight excluding hydrogens is 380 g/mol. The van der Waals surface area contributed by atoms with Crippen LogP contribution in [0, 0.1) is 0 Å². The van der Waals surface area contributed by atoms with E-state index in [0.717, 1.165) is 30.4 Å². The number of nitrogens with one attached hydrogen (secondary N) is 1. The lowest BCUT2D eigenvalue weighted by Gasteiger charge is -2.36. The van der Waals surface area contributed by atoms with E-state index in [1.165, 1.54) is 4.90 Å². The molecule has 0 radical (unpaired) electrons. The standard InChI is InChI=1S/C23H26N4O3/c28-21(26-14-5-4-10-20(26)18-9-6-13-24-15-18)12-11-19-22(29)27(23(30)25-19)16-17-7-2-1-3-8-17/h1-3,6-9,13,15,19-20H,4-5,10-12,14,16H2,(H,25,30)/t19-,20+/m1/s1. The molecule has 2 aromatic rings. The van der Waals surface area contributed by atoms with Gasteiger partial charge >= 0.3 is 6.03 Å². The van der Waals surface area contributed by atoms with Crippen molar-refractivity contribution in [3.8, 4) is 0 Å². The molecule has 0 unspecified atom stereocenters. The van der Waals surface area contributed by atoms with Crippen LogP contribution in [-0.2, 0) is 16.1 Å². The van der Waals surface area contributed by atoms with E-state index < -0.39 is 12.1 Å². The first-order valence-electron chi connectivity index (χ1n) is 10.5. The Morgan fingerprint density at radius 2 is 1.93 bits per heavy atom. The number of hydrogen-bond acceptors (Lipinski definition) is 4. The molecular formula is C23H26N4O3. The average molecular weight is 406 g/mol. The van der Waals surface area contributed by atoms with Crippen LogP contribution in [0.3, 0.4) is 0 Å². The van der Waals surface area contributed by atoms with Crippen molar-refractivity contribution < 1.29 is 14.4 Å². The van der Waals surface area contributed by atoms with Gasteiger partial charge in [-0.1, -0.05) is 36.4 Å². The summed E-state index contributed by atoms with van der Waals surface area (Å²) < 4.78 is 0. The molecule has 0 aliphatic carbocycles. The van der Waals surface area contributed by atoms with Crippen LogP contribution in [-0.4, -0.2) is 45.2 Å². The Morgan fingerprint density at radius 3 is 2.70 bits per heavy atom. The van der Waals surface area contributed by atoms with Crippen molar-refractivity contribution in [2.24, 2.45) is 0 Å². The number of imide groups is 1. The van der Waals surface area contributed by atoms with Gasteiger partial charge in [0.15, 0.2) is 0 Å². The molecule has 30 heavy (non-hydrogen) atoms. The van der Waals surface area contributed by atoms with E-state index >= 15 is 0 Å². The number of benzene rings is 1. The molecule has 4 rings (SSSR count). The number of rotatable bonds is 6. The van der Waals surface area contributed by atoms with Gasteiger partial charge in [0.1, 0.15) is 6.04 Å². The number of piperidine rings is 1. The van der Waals surface area contributed by atoms with E-state index in [9.17, 15) is 14.4 Å². The first-order valence-corrected chi connectivity index (χ1v) is 10.5. The number of likely N-dealkylation sites (tertiary alicyclic amines) is 1. The lowest BCUT2D eigenvalue weighted by Crippen LogP contribution is -2.39. The van der Waals surface area contributed by atoms with E-state index in [1.54, 1.807) is 6.20 Å². The molecule has 7 nitrogen and oxygen atoms in total. The van der Waals surface area contributed by atoms with Gasteiger partial charge in [-0.25, -0.2) is 4.79 Å². The molecule has 1 N–H and O–H groups in total. The third kappa shape index (κ3) is 4.35. The first kappa shape index (κ1) is 20.1. The monoisotopic (exact) mass is 406 g/mol. The fraction of sp³-hybridized carbons (Fsp3) is 0.391. The lowest BCUT2D eigenvalue weighted by atomic mass is 9.95. The highest BCUT2D eigenvalue weighted by Crippen LogP contribution is 2.31. The van der Waals surface area contributed by atoms with E-state index in [2.05, 4.69) is 10.3 Å². The predicted molar refractivity (Wildman–Crippen MR) is 111 cm³/mol. The Morgan fingerprint density at radius 1 is 1.10 bits per heavy atom. The third-order valence-corrected chi connectivity index (χ3v) is 5.83. The fourth-order valence-corrected chi connectivity index (χ4v) is 4.25. The molecule has 3 heterocycles. The summed E-state index contributed by atoms with van der Waals surface area (Å²) in [5.41, 5.74) is 1.94. The van der Waals surface area contributed by atoms with Crippen molar-refractivity contribution in [1.82, 2.24) is 20.1 Å². The molecule has 1 aromatic carbocycles. The molecule has 2 fully saturated rings. The molecule has 156 valence electrons. The Bertz CT molecular complexity index is 903. The number of aromatic nitrogens is 1. The molecule has 2 saturated heterocycles. The number of urea groups is 1. The summed E-state index contributed by atoms with van der Waals surface area (Å²) in [6.45, 7) is 0.953. The van der Waals surface area contributed by atoms with Crippen LogP contribution in [0.2, 0.25) is 0 Å². The summed E-state index contributed by atoms with van der Waals surface area (Å²) >= 11 is 0. The first-order chi connectivity index (χ1) is 14.6. The second-order valence-electron chi connectivity index (χ2n) is 7.84. The number of amides is 4. The molecule has 0 saturated carbocycles. The minimum absolute atomic E-state index is 0.0205. The molecule has 2 aliphatic heterocycles. The Kier molecular flexibility index (Phi) is 6.07. The molecule has 0 spiro atoms. The maximum atomic E-state index is 13.0. The Labute approximate surface area is 176 Å². The zero-order chi connectivity index (χ0) is 20.9. The normalized spacial score (nSPS) is 21.6. The topological polar surface area (TPSA) is 82.6 Å². The van der Waals surface area contributed by atoms with Gasteiger partial charge in [0.05, 0.1) is 12.6 Å². The van der Waals surface area contributed by atoms with Gasteiger partial charge in [0, 0.05) is 25.4 Å². The number of hydrogen-bond donors (Lipinski definition) is 1. The number of carbonyl (C=O) groups is 3. The number of carbonyl (C=O) groups excluding carboxylic acids is 3. The number of pyridine rings is 1. The Balaban J connectivity index is 1.36. The largest absolute Gasteiger partial charge is 0.336 e. The van der Waals surface area contributed by atoms with Gasteiger partial charge in [-0.3, -0.25) is 19.5 Å². The average Bonchev–Trinajstić information content (AvgIpc) is 3.06. The smallest absolute Gasteiger partial charge is 0.325 e. The van der Waals surface area contributed by atoms with Gasteiger partial charge in [-0.2, -0.15) is 0 Å². The van der Waals surface area contributed by atoms with Crippen molar-refractivity contribution in [2.75, 3.05) is 6.54 Å². The third-order valence-electron chi connectivity index (χ3n) is 5.83. The summed E-state index contributed by atoms with van der Waals surface area (Å²) in [4.78, 5) is 45.3. The second kappa shape index (κ2) is 9.07. The number of nitrogens with zero attached hydrogens (tertiary/aromatic N) is 3. The summed E-state index contributed by atoms with van der Waals surface area (Å²) in [5, 5.41) is 2.73. The highest BCUT2D eigenvalue weighted by Gasteiger charge is 2.38. The van der Waals surface area contributed by atoms with Gasteiger partial charge < -0.3 is 10.2 Å². The maximum Gasteiger partial charge on any atom is 0.325 e. The van der Waals surface area contributed by atoms with Gasteiger partial charge in [0.2, 0.25) is 5.91 Å². The van der Waals surface area contributed by atoms with Gasteiger partial charge in [-0.15, -0.1) is 0 Å². The lowest BCUT2D eigenvalue weighted by molar-refractivity contribution is -0.135. The van der Waals surface area contributed by atoms with Crippen LogP contribution >= 0.6 is 0 Å². The molecule has 4 amide bonds. The van der Waals surface area contributed by atoms with Gasteiger partial charge in [0.25, 0.3) is 5.91 Å². The van der Waals surface area contributed by atoms with Crippen LogP contribution in [0.1, 0.15) is 49.3 Å². The maximum absolute atomic E-state index is 13.0. The van der Waals surface area contributed by atoms with E-state index in [-0.39, 0.29) is 30.8 Å². The fourth-order valence-electron chi connectivity index (χ4n) is 4.25. The summed E-state index contributed by atoms with van der Waals surface area (Å²) in [6.07, 6.45) is 7.06. The second-order valence-corrected chi connectivity index (χ2v) is 7.84. The minimum atomic E-state index is -0.646. The molecule has 7 heteroatoms. The summed E-state index contributed by atoms with van der Waals surface area (Å²) in [6, 6.07) is 12.3. The predicted octanol–water partition coefficient (Wildman–Crippen LogP) is 3.04. The highest BCUT2D eigenvalue weighted by atomic mass is 16.2. The summed E-state index contributed by atoms with van der Waals surface area (Å²) in [7, 11) is 0. The zero-order valence-electron chi connectivity index (χ0n) is 16.9. The quantitative estimate of drug-likeness (QED) is 0.748. The van der Waals surface area contributed by atoms with Gasteiger partial charge in [-0.05, 0) is 42.9 Å². The minimum Gasteiger partial charge on any atom is -0.336 e. The van der Waals surface area contributed by atoms with Crippen LogP contribution in [0.15, 0.2) is 54.9 Å². The van der Waals surface area contributed by atoms with Crippen LogP contribution < -0.4 is 5.32 Å². The SMILES string of the molecule is O=C1N[C@H](CCC(=O)N2CCCC[C@H]2c2cccnc2)C(=O)N1Cc1ccccc1. The van der Waals surface area contributed by atoms with Crippen molar-refractivity contribution in [3.05, 3.63) is 66.0 Å². The van der Waals surface area contributed by atoms with Crippen LogP contribution in [0.4, 0.5) is 4.79 Å². The van der Waals surface area contributed by atoms with E-state index in [1.807, 2.05) is 53.6 Å². The van der Waals surface area contributed by atoms with E-state index in [0.29, 0.717) is 13.0 Å². The van der Waals surface area contributed by atoms with Crippen LogP contribution in [0.5, 0.6) is 0 Å². The van der Waals surface area contributed by atoms with Crippen molar-refractivity contribution in [2.45, 2.75) is 50.7 Å². The van der Waals surface area contributed by atoms with Crippen molar-refractivity contribution in [3.63, 3.8) is 0 Å². The molecule has 2 atom stereocenters. The molecule has 2 aliphatic rings. The van der Waals surface area contributed by atoms with Crippen molar-refractivity contribution >= 4 is 17.8 Å². The van der Waals surface area contributed by atoms with Crippen molar-refractivity contribution in [1.29, 1.82) is 0 Å². The van der Waals surface area contributed by atoms with Crippen LogP contribution in [0.25, 0.3) is 0 Å². The molecule has 1 aromatic heterocycles. The zero-order valence-corrected chi connectivity index (χ0v) is 16.9. The summed E-state index contributed by atoms with van der Waals surface area (Å²) in [5.74, 6) is -0.244. The molecule has 0 bridgehead atoms.